The van der Waals surface area contributed by atoms with Gasteiger partial charge in [-0.25, -0.2) is 9.59 Å². The van der Waals surface area contributed by atoms with Crippen LogP contribution in [-0.2, 0) is 25.5 Å². The number of benzene rings is 1. The lowest BCUT2D eigenvalue weighted by Gasteiger charge is -2.18. The predicted molar refractivity (Wildman–Crippen MR) is 176 cm³/mol. The standard InChI is InChI=1S/C36H62N2O5/c1-3-5-7-9-11-13-15-17-19-24-28-42-34(39)31-37-36(41)38-33(30-32-26-22-21-23-27-32)35(40)43-29-25-20-18-16-14-12-10-8-6-4-2/h21-23,26-27,33H,3-20,24-25,28-31H2,1-2H3,(H2,37,38,41). The maximum absolute atomic E-state index is 12.9. The average molecular weight is 603 g/mol. The fraction of sp³-hybridized carbons (Fsp3) is 0.750. The Morgan fingerprint density at radius 2 is 1.05 bits per heavy atom. The molecule has 7 heteroatoms. The minimum Gasteiger partial charge on any atom is -0.464 e. The lowest BCUT2D eigenvalue weighted by molar-refractivity contribution is -0.146. The van der Waals surface area contributed by atoms with Crippen molar-refractivity contribution in [2.75, 3.05) is 19.8 Å². The van der Waals surface area contributed by atoms with Crippen LogP contribution in [0, 0.1) is 0 Å². The molecule has 2 amide bonds. The summed E-state index contributed by atoms with van der Waals surface area (Å²) in [6, 6.07) is 8.09. The van der Waals surface area contributed by atoms with Gasteiger partial charge in [-0.15, -0.1) is 0 Å². The second-order valence-corrected chi connectivity index (χ2v) is 11.8. The Balaban J connectivity index is 2.24. The van der Waals surface area contributed by atoms with Crippen LogP contribution in [0.5, 0.6) is 0 Å². The Kier molecular flexibility index (Phi) is 25.2. The maximum Gasteiger partial charge on any atom is 0.329 e. The van der Waals surface area contributed by atoms with Gasteiger partial charge in [0.2, 0.25) is 0 Å². The number of hydrogen-bond donors (Lipinski definition) is 2. The van der Waals surface area contributed by atoms with Crippen LogP contribution in [0.2, 0.25) is 0 Å². The molecular formula is C36H62N2O5. The maximum atomic E-state index is 12.9. The molecule has 43 heavy (non-hydrogen) atoms. The fourth-order valence-corrected chi connectivity index (χ4v) is 5.09. The molecule has 0 aliphatic carbocycles. The first-order valence-electron chi connectivity index (χ1n) is 17.5. The summed E-state index contributed by atoms with van der Waals surface area (Å²) in [4.78, 5) is 37.5. The molecule has 1 aromatic rings. The van der Waals surface area contributed by atoms with Crippen LogP contribution in [0.4, 0.5) is 4.79 Å². The third kappa shape index (κ3) is 23.6. The van der Waals surface area contributed by atoms with Crippen LogP contribution < -0.4 is 10.6 Å². The monoisotopic (exact) mass is 602 g/mol. The summed E-state index contributed by atoms with van der Waals surface area (Å²) in [5, 5.41) is 5.21. The summed E-state index contributed by atoms with van der Waals surface area (Å²) in [5.74, 6) is -0.937. The molecule has 1 atom stereocenters. The number of carbonyl (C=O) groups excluding carboxylic acids is 3. The first kappa shape index (κ1) is 38.5. The Morgan fingerprint density at radius 1 is 0.605 bits per heavy atom. The smallest absolute Gasteiger partial charge is 0.329 e. The van der Waals surface area contributed by atoms with Gasteiger partial charge in [0.1, 0.15) is 12.6 Å². The second kappa shape index (κ2) is 28.2. The molecule has 0 aliphatic rings. The number of hydrogen-bond acceptors (Lipinski definition) is 5. The van der Waals surface area contributed by atoms with Crippen molar-refractivity contribution in [2.45, 2.75) is 155 Å². The summed E-state index contributed by atoms with van der Waals surface area (Å²) in [6.45, 7) is 4.94. The molecule has 0 spiro atoms. The number of ether oxygens (including phenoxy) is 2. The summed E-state index contributed by atoms with van der Waals surface area (Å²) in [5.41, 5.74) is 0.916. The van der Waals surface area contributed by atoms with Crippen LogP contribution in [0.1, 0.15) is 148 Å². The number of esters is 2. The van der Waals surface area contributed by atoms with E-state index in [0.717, 1.165) is 44.1 Å². The van der Waals surface area contributed by atoms with E-state index >= 15 is 0 Å². The van der Waals surface area contributed by atoms with Gasteiger partial charge >= 0.3 is 18.0 Å². The highest BCUT2D eigenvalue weighted by Crippen LogP contribution is 2.12. The average Bonchev–Trinajstić information content (AvgIpc) is 3.01. The zero-order chi connectivity index (χ0) is 31.2. The molecular weight excluding hydrogens is 540 g/mol. The molecule has 246 valence electrons. The lowest BCUT2D eigenvalue weighted by atomic mass is 10.1. The summed E-state index contributed by atoms with van der Waals surface area (Å²) in [7, 11) is 0. The van der Waals surface area contributed by atoms with Crippen molar-refractivity contribution in [2.24, 2.45) is 0 Å². The van der Waals surface area contributed by atoms with Crippen LogP contribution in [0.3, 0.4) is 0 Å². The summed E-state index contributed by atoms with van der Waals surface area (Å²) >= 11 is 0. The van der Waals surface area contributed by atoms with E-state index in [9.17, 15) is 14.4 Å². The Hall–Kier alpha value is -2.57. The van der Waals surface area contributed by atoms with Crippen molar-refractivity contribution < 1.29 is 23.9 Å². The van der Waals surface area contributed by atoms with Crippen molar-refractivity contribution in [3.05, 3.63) is 35.9 Å². The van der Waals surface area contributed by atoms with Gasteiger partial charge in [0.15, 0.2) is 0 Å². The normalized spacial score (nSPS) is 11.6. The van der Waals surface area contributed by atoms with E-state index in [-0.39, 0.29) is 6.54 Å². The molecule has 1 rings (SSSR count). The predicted octanol–water partition coefficient (Wildman–Crippen LogP) is 8.83. The van der Waals surface area contributed by atoms with E-state index < -0.39 is 24.0 Å². The van der Waals surface area contributed by atoms with Gasteiger partial charge in [-0.05, 0) is 18.4 Å². The molecule has 0 saturated carbocycles. The number of unbranched alkanes of at least 4 members (excludes halogenated alkanes) is 18. The topological polar surface area (TPSA) is 93.7 Å². The van der Waals surface area contributed by atoms with Crippen molar-refractivity contribution in [3.8, 4) is 0 Å². The minimum atomic E-state index is -0.840. The van der Waals surface area contributed by atoms with Crippen molar-refractivity contribution >= 4 is 18.0 Å². The SMILES string of the molecule is CCCCCCCCCCCCOC(=O)CNC(=O)NC(Cc1ccccc1)C(=O)OCCCCCCCCCCCC. The highest BCUT2D eigenvalue weighted by atomic mass is 16.5. The number of nitrogens with one attached hydrogen (secondary N) is 2. The van der Waals surface area contributed by atoms with E-state index in [1.807, 2.05) is 30.3 Å². The van der Waals surface area contributed by atoms with Crippen LogP contribution in [0.25, 0.3) is 0 Å². The lowest BCUT2D eigenvalue weighted by Crippen LogP contribution is -2.49. The van der Waals surface area contributed by atoms with Crippen molar-refractivity contribution in [3.63, 3.8) is 0 Å². The molecule has 0 aliphatic heterocycles. The minimum absolute atomic E-state index is 0.241. The molecule has 0 fully saturated rings. The van der Waals surface area contributed by atoms with Crippen LogP contribution in [0.15, 0.2) is 30.3 Å². The van der Waals surface area contributed by atoms with Gasteiger partial charge in [-0.1, -0.05) is 160 Å². The molecule has 0 aromatic heterocycles. The second-order valence-electron chi connectivity index (χ2n) is 11.8. The first-order chi connectivity index (χ1) is 21.1. The van der Waals surface area contributed by atoms with Gasteiger partial charge in [0.25, 0.3) is 0 Å². The molecule has 2 N–H and O–H groups in total. The van der Waals surface area contributed by atoms with Gasteiger partial charge < -0.3 is 20.1 Å². The quantitative estimate of drug-likeness (QED) is 0.0738. The molecule has 0 saturated heterocycles. The highest BCUT2D eigenvalue weighted by molar-refractivity contribution is 5.85. The van der Waals surface area contributed by atoms with E-state index in [1.54, 1.807) is 0 Å². The summed E-state index contributed by atoms with van der Waals surface area (Å²) in [6.07, 6.45) is 24.5. The fourth-order valence-electron chi connectivity index (χ4n) is 5.09. The van der Waals surface area contributed by atoms with E-state index in [0.29, 0.717) is 19.6 Å². The zero-order valence-corrected chi connectivity index (χ0v) is 27.5. The third-order valence-electron chi connectivity index (χ3n) is 7.77. The van der Waals surface area contributed by atoms with E-state index in [2.05, 4.69) is 24.5 Å². The Morgan fingerprint density at radius 3 is 1.53 bits per heavy atom. The first-order valence-corrected chi connectivity index (χ1v) is 17.5. The van der Waals surface area contributed by atoms with Crippen molar-refractivity contribution in [1.29, 1.82) is 0 Å². The van der Waals surface area contributed by atoms with Crippen LogP contribution in [-0.4, -0.2) is 43.8 Å². The van der Waals surface area contributed by atoms with Crippen LogP contribution >= 0.6 is 0 Å². The molecule has 0 bridgehead atoms. The number of rotatable bonds is 28. The molecule has 0 heterocycles. The zero-order valence-electron chi connectivity index (χ0n) is 27.5. The Bertz CT molecular complexity index is 817. The van der Waals surface area contributed by atoms with Gasteiger partial charge in [-0.3, -0.25) is 4.79 Å². The number of amides is 2. The largest absolute Gasteiger partial charge is 0.464 e. The summed E-state index contributed by atoms with van der Waals surface area (Å²) < 4.78 is 10.8. The molecule has 0 radical (unpaired) electrons. The number of carbonyl (C=O) groups is 3. The molecule has 7 nitrogen and oxygen atoms in total. The number of urea groups is 1. The highest BCUT2D eigenvalue weighted by Gasteiger charge is 2.23. The van der Waals surface area contributed by atoms with Crippen molar-refractivity contribution in [1.82, 2.24) is 10.6 Å². The molecule has 1 unspecified atom stereocenters. The van der Waals surface area contributed by atoms with E-state index in [1.165, 1.54) is 89.9 Å². The Labute approximate surface area is 262 Å². The van der Waals surface area contributed by atoms with E-state index in [4.69, 9.17) is 9.47 Å². The van der Waals surface area contributed by atoms with Gasteiger partial charge in [0.05, 0.1) is 13.2 Å². The van der Waals surface area contributed by atoms with Gasteiger partial charge in [0, 0.05) is 6.42 Å². The third-order valence-corrected chi connectivity index (χ3v) is 7.77. The molecule has 1 aromatic carbocycles. The van der Waals surface area contributed by atoms with Gasteiger partial charge in [-0.2, -0.15) is 0 Å².